The Morgan fingerprint density at radius 2 is 0.808 bits per heavy atom. The number of carbonyl (C=O) groups excluding carboxylic acids is 7. The highest BCUT2D eigenvalue weighted by Gasteiger charge is 2.55. The molecule has 26 heteroatoms. The van der Waals surface area contributed by atoms with Crippen LogP contribution in [0.3, 0.4) is 0 Å². The van der Waals surface area contributed by atoms with Crippen molar-refractivity contribution in [1.29, 1.82) is 0 Å². The van der Waals surface area contributed by atoms with Crippen molar-refractivity contribution < 1.29 is 93.7 Å². The lowest BCUT2D eigenvalue weighted by atomic mass is 9.68. The lowest BCUT2D eigenvalue weighted by Crippen LogP contribution is -2.54. The van der Waals surface area contributed by atoms with Gasteiger partial charge in [-0.1, -0.05) is 150 Å². The molecule has 0 heterocycles. The Hall–Kier alpha value is -9.83. The van der Waals surface area contributed by atoms with Gasteiger partial charge in [0.1, 0.15) is 86.7 Å². The first kappa shape index (κ1) is 106. The summed E-state index contributed by atoms with van der Waals surface area (Å²) in [6.07, 6.45) is 13.8. The number of rotatable bonds is 9. The highest BCUT2D eigenvalue weighted by Crippen LogP contribution is 2.44. The van der Waals surface area contributed by atoms with Crippen molar-refractivity contribution in [3.63, 3.8) is 0 Å². The minimum Gasteiger partial charge on any atom is -0.444 e. The fraction of sp³-hybridized carbons (Fsp3) is 0.471. The second kappa shape index (κ2) is 46.5. The Morgan fingerprint density at radius 3 is 1.30 bits per heavy atom. The smallest absolute Gasteiger partial charge is 0.408 e. The lowest BCUT2D eigenvalue weighted by molar-refractivity contribution is -0.563. The van der Waals surface area contributed by atoms with Crippen LogP contribution in [-0.2, 0) is 61.1 Å². The Labute approximate surface area is 766 Å². The number of hydrogen-bond donors (Lipinski definition) is 6. The van der Waals surface area contributed by atoms with Gasteiger partial charge >= 0.3 is 11.6 Å². The standard InChI is InChI=1S/C18H24FNO3.C14H17FO2.C13H14FNO3.C13H16FNO2.C13H16FNO.C13H17FO.C13H15FO.C7H6BrF/c1-12-8-9-14(19)13(11-12)18(10-6-5-7-15(18)21)20-16(22)23-17(2,3)4;1-9-5-6-11(15)10(8-9)14(2)7-3-4-12(16)13(14)17;1-9-5-6-11(14)10(8-9)13(15(17)18)7-3-2-4-12(13)16;1-8-4-5-10(14)9(7-8)13(15)6-2-3-11(16)12(13)17;1-9-5-6-11(14)10(8-9)13(15)7-3-2-4-12(13)16;2*1-9-6-7-12(14)11(8-9)10-4-2-3-5-13(10)15;1-5-2-3-7(9)6(8)4-5/h8-9,11H,5-7,10H2,1-4H3,(H,20,22);5-6,8,12,16H,3-4,7H2,1-2H3;5-6,8H,2-4,7H2,1H3;4-5,7,11,16H,2-3,6,15H2,1H3;5-6,8H,2-4,7,15H2,1H3;6-8,10,13,15H,2-5H2,1H3;6-8,10H,2-5H2,1H3;2-4H,1H3. The molecule has 7 aliphatic rings. The van der Waals surface area contributed by atoms with Crippen LogP contribution in [0, 0.1) is 112 Å². The van der Waals surface area contributed by atoms with Crippen LogP contribution in [0.25, 0.3) is 0 Å². The van der Waals surface area contributed by atoms with Crippen molar-refractivity contribution in [3.05, 3.63) is 290 Å². The van der Waals surface area contributed by atoms with Crippen LogP contribution in [0.15, 0.2) is 150 Å². The summed E-state index contributed by atoms with van der Waals surface area (Å²) < 4.78 is 115. The van der Waals surface area contributed by atoms with Crippen LogP contribution >= 0.6 is 15.9 Å². The monoisotopic (exact) mass is 1870 g/mol. The molecule has 7 aliphatic carbocycles. The maximum atomic E-state index is 14.4. The summed E-state index contributed by atoms with van der Waals surface area (Å²) in [7, 11) is 0. The van der Waals surface area contributed by atoms with E-state index in [-0.39, 0.29) is 99.7 Å². The number of halogens is 9. The van der Waals surface area contributed by atoms with Gasteiger partial charge in [-0.15, -0.1) is 0 Å². The molecule has 0 radical (unpaired) electrons. The maximum Gasteiger partial charge on any atom is 0.408 e. The second-order valence-electron chi connectivity index (χ2n) is 37.0. The van der Waals surface area contributed by atoms with Crippen LogP contribution in [0.1, 0.15) is 290 Å². The van der Waals surface area contributed by atoms with Crippen LogP contribution in [0.4, 0.5) is 39.9 Å². The van der Waals surface area contributed by atoms with Crippen LogP contribution in [0.2, 0.25) is 0 Å². The molecule has 0 saturated heterocycles. The minimum atomic E-state index is -1.88. The fourth-order valence-electron chi connectivity index (χ4n) is 18.1. The second-order valence-corrected chi connectivity index (χ2v) is 37.8. The number of nitrogens with zero attached hydrogens (tertiary/aromatic N) is 1. The molecule has 702 valence electrons. The topological polar surface area (TPSA) is 297 Å². The molecule has 1 amide bonds. The molecule has 0 bridgehead atoms. The highest BCUT2D eigenvalue weighted by molar-refractivity contribution is 9.10. The molecule has 8 aromatic carbocycles. The van der Waals surface area contributed by atoms with Gasteiger partial charge in [-0.25, -0.2) is 39.9 Å². The molecule has 0 aromatic heterocycles. The number of amides is 1. The van der Waals surface area contributed by atoms with Gasteiger partial charge in [0.05, 0.1) is 21.6 Å². The molecule has 8 N–H and O–H groups in total. The number of hydrogen-bond acceptors (Lipinski definition) is 15. The normalized spacial score (nSPS) is 24.3. The third-order valence-corrected chi connectivity index (χ3v) is 26.0. The first-order chi connectivity index (χ1) is 61.1. The van der Waals surface area contributed by atoms with Gasteiger partial charge < -0.3 is 36.8 Å². The van der Waals surface area contributed by atoms with Crippen LogP contribution in [-0.4, -0.2) is 84.9 Å². The molecule has 0 spiro atoms. The van der Waals surface area contributed by atoms with E-state index in [1.54, 1.807) is 113 Å². The number of aliphatic hydroxyl groups is 3. The molecule has 10 atom stereocenters. The largest absolute Gasteiger partial charge is 0.444 e. The zero-order chi connectivity index (χ0) is 96.1. The summed E-state index contributed by atoms with van der Waals surface area (Å²) in [5.74, 6) is -4.41. The maximum absolute atomic E-state index is 14.4. The van der Waals surface area contributed by atoms with E-state index in [1.165, 1.54) is 54.6 Å². The summed E-state index contributed by atoms with van der Waals surface area (Å²) in [5, 5.41) is 43.2. The van der Waals surface area contributed by atoms with Gasteiger partial charge in [0.15, 0.2) is 23.1 Å². The summed E-state index contributed by atoms with van der Waals surface area (Å²) in [6.45, 7) is 21.9. The Kier molecular flexibility index (Phi) is 37.7. The first-order valence-electron chi connectivity index (χ1n) is 44.9. The van der Waals surface area contributed by atoms with E-state index in [2.05, 4.69) is 21.2 Å². The van der Waals surface area contributed by atoms with Crippen LogP contribution < -0.4 is 16.8 Å². The zero-order valence-electron chi connectivity index (χ0n) is 76.6. The Bertz CT molecular complexity index is 5290. The number of Topliss-reactive ketones (excluding diaryl/α,β-unsaturated/α-hetero) is 6. The summed E-state index contributed by atoms with van der Waals surface area (Å²) in [5.41, 5.74) is 14.7. The van der Waals surface area contributed by atoms with Crippen molar-refractivity contribution in [2.45, 2.75) is 313 Å². The fourth-order valence-corrected chi connectivity index (χ4v) is 18.6. The molecule has 130 heavy (non-hydrogen) atoms. The third kappa shape index (κ3) is 26.8. The molecular formula is C104H125BrF8N4O13. The van der Waals surface area contributed by atoms with Gasteiger partial charge in [0.25, 0.3) is 0 Å². The van der Waals surface area contributed by atoms with Gasteiger partial charge in [-0.3, -0.25) is 38.9 Å². The minimum absolute atomic E-state index is 0.00125. The first-order valence-corrected chi connectivity index (χ1v) is 45.7. The summed E-state index contributed by atoms with van der Waals surface area (Å²) in [4.78, 5) is 95.3. The number of benzene rings is 8. The molecule has 7 saturated carbocycles. The van der Waals surface area contributed by atoms with E-state index < -0.39 is 85.4 Å². The summed E-state index contributed by atoms with van der Waals surface area (Å²) >= 11 is 3.07. The van der Waals surface area contributed by atoms with Crippen molar-refractivity contribution in [2.24, 2.45) is 11.5 Å². The zero-order valence-corrected chi connectivity index (χ0v) is 78.1. The summed E-state index contributed by atoms with van der Waals surface area (Å²) in [6, 6.07) is 38.0. The van der Waals surface area contributed by atoms with Gasteiger partial charge in [-0.2, -0.15) is 0 Å². The number of nitro groups is 1. The van der Waals surface area contributed by atoms with E-state index in [0.29, 0.717) is 109 Å². The molecule has 0 aliphatic heterocycles. The van der Waals surface area contributed by atoms with Gasteiger partial charge in [0.2, 0.25) is 5.78 Å². The number of nitrogens with two attached hydrogens (primary N) is 2. The molecule has 8 aromatic rings. The predicted octanol–water partition coefficient (Wildman–Crippen LogP) is 22.5. The number of alkyl carbamates (subject to hydrolysis) is 1. The average molecular weight is 1870 g/mol. The van der Waals surface area contributed by atoms with Crippen molar-refractivity contribution in [1.82, 2.24) is 5.32 Å². The van der Waals surface area contributed by atoms with Gasteiger partial charge in [-0.05, 0) is 286 Å². The number of aliphatic hydroxyl groups excluding tert-OH is 3. The van der Waals surface area contributed by atoms with E-state index in [1.807, 2.05) is 60.6 Å². The van der Waals surface area contributed by atoms with Gasteiger partial charge in [0, 0.05) is 71.1 Å². The van der Waals surface area contributed by atoms with E-state index >= 15 is 0 Å². The number of aryl methyl sites for hydroxylation is 8. The van der Waals surface area contributed by atoms with Crippen molar-refractivity contribution in [2.75, 3.05) is 0 Å². The van der Waals surface area contributed by atoms with Crippen molar-refractivity contribution in [3.8, 4) is 0 Å². The van der Waals surface area contributed by atoms with E-state index in [4.69, 9.17) is 16.2 Å². The Balaban J connectivity index is 0.000000185. The lowest BCUT2D eigenvalue weighted by Gasteiger charge is -2.37. The molecule has 7 fully saturated rings. The number of carbonyl (C=O) groups is 7. The SMILES string of the molecule is Cc1ccc(F)c(Br)c1.Cc1ccc(F)c(C2(C)CCCC(O)C2=O)c1.Cc1ccc(F)c(C2(N)CCCC(O)C2=O)c1.Cc1ccc(F)c(C2(N)CCCCC2=O)c1.Cc1ccc(F)c(C2(NC(=O)OC(C)(C)C)CCCCC2=O)c1.Cc1ccc(F)c(C2([N+](=O)[O-])CCCCC2=O)c1.Cc1ccc(F)c(C2CCCCC2=O)c1.Cc1ccc(F)c(C2CCCCC2O)c1. The van der Waals surface area contributed by atoms with E-state index in [9.17, 15) is 94.1 Å². The molecular weight excluding hydrogens is 1750 g/mol. The Morgan fingerprint density at radius 1 is 0.423 bits per heavy atom. The molecule has 10 unspecified atom stereocenters. The quantitative estimate of drug-likeness (QED) is 0.0445. The third-order valence-electron chi connectivity index (χ3n) is 25.4. The molecule has 17 nitrogen and oxygen atoms in total. The number of ether oxygens (including phenoxy) is 1. The van der Waals surface area contributed by atoms with Crippen LogP contribution in [0.5, 0.6) is 0 Å². The average Bonchev–Trinajstić information content (AvgIpc) is 0.765. The van der Waals surface area contributed by atoms with E-state index in [0.717, 1.165) is 116 Å². The predicted molar refractivity (Wildman–Crippen MR) is 489 cm³/mol. The molecule has 15 rings (SSSR count). The number of nitrogens with one attached hydrogen (secondary N) is 1. The van der Waals surface area contributed by atoms with Crippen molar-refractivity contribution >= 4 is 56.7 Å². The highest BCUT2D eigenvalue weighted by atomic mass is 79.9. The number of ketones is 6.